The Hall–Kier alpha value is -1.73. The van der Waals surface area contributed by atoms with Crippen LogP contribution in [-0.2, 0) is 17.9 Å². The van der Waals surface area contributed by atoms with Crippen molar-refractivity contribution in [2.45, 2.75) is 45.4 Å². The van der Waals surface area contributed by atoms with Gasteiger partial charge in [0, 0.05) is 25.2 Å². The quantitative estimate of drug-likeness (QED) is 0.843. The number of thiazole rings is 1. The third-order valence-electron chi connectivity index (χ3n) is 4.09. The number of likely N-dealkylation sites (tertiary alicyclic amines) is 1. The molecule has 2 aromatic heterocycles. The molecule has 1 fully saturated rings. The first kappa shape index (κ1) is 16.1. The van der Waals surface area contributed by atoms with Crippen molar-refractivity contribution in [3.8, 4) is 0 Å². The van der Waals surface area contributed by atoms with Gasteiger partial charge in [0.2, 0.25) is 0 Å². The van der Waals surface area contributed by atoms with Crippen LogP contribution in [0.5, 0.6) is 0 Å². The summed E-state index contributed by atoms with van der Waals surface area (Å²) in [5.74, 6) is 0.0252. The minimum Gasteiger partial charge on any atom is -0.378 e. The molecule has 6 nitrogen and oxygen atoms in total. The lowest BCUT2D eigenvalue weighted by Crippen LogP contribution is -2.46. The van der Waals surface area contributed by atoms with Gasteiger partial charge >= 0.3 is 0 Å². The van der Waals surface area contributed by atoms with Gasteiger partial charge in [-0.2, -0.15) is 5.10 Å². The lowest BCUT2D eigenvalue weighted by Gasteiger charge is -2.35. The Morgan fingerprint density at radius 2 is 2.35 bits per heavy atom. The molecule has 1 amide bonds. The zero-order valence-electron chi connectivity index (χ0n) is 13.6. The van der Waals surface area contributed by atoms with Gasteiger partial charge in [0.1, 0.15) is 10.7 Å². The van der Waals surface area contributed by atoms with Crippen molar-refractivity contribution >= 4 is 17.2 Å². The summed E-state index contributed by atoms with van der Waals surface area (Å²) in [4.78, 5) is 19.2. The number of amides is 1. The Morgan fingerprint density at radius 3 is 3.09 bits per heavy atom. The zero-order valence-corrected chi connectivity index (χ0v) is 14.4. The molecule has 124 valence electrons. The van der Waals surface area contributed by atoms with E-state index in [9.17, 15) is 4.79 Å². The minimum absolute atomic E-state index is 0.0252. The zero-order chi connectivity index (χ0) is 16.2. The first-order valence-corrected chi connectivity index (χ1v) is 8.78. The van der Waals surface area contributed by atoms with Crippen LogP contribution in [0, 0.1) is 6.92 Å². The fraction of sp³-hybridized carbons (Fsp3) is 0.562. The van der Waals surface area contributed by atoms with E-state index in [-0.39, 0.29) is 11.9 Å². The van der Waals surface area contributed by atoms with Crippen molar-refractivity contribution in [3.05, 3.63) is 34.0 Å². The van der Waals surface area contributed by atoms with E-state index in [4.69, 9.17) is 4.74 Å². The van der Waals surface area contributed by atoms with Crippen molar-refractivity contribution in [2.24, 2.45) is 0 Å². The number of aryl methyl sites for hydroxylation is 1. The summed E-state index contributed by atoms with van der Waals surface area (Å²) < 4.78 is 7.01. The number of piperidine rings is 1. The van der Waals surface area contributed by atoms with E-state index < -0.39 is 0 Å². The smallest absolute Gasteiger partial charge is 0.273 e. The highest BCUT2D eigenvalue weighted by Gasteiger charge is 2.29. The Kier molecular flexibility index (Phi) is 5.07. The molecule has 0 spiro atoms. The highest BCUT2D eigenvalue weighted by molar-refractivity contribution is 7.09. The maximum atomic E-state index is 12.8. The maximum absolute atomic E-state index is 12.8. The molecule has 1 unspecified atom stereocenters. The monoisotopic (exact) mass is 334 g/mol. The highest BCUT2D eigenvalue weighted by atomic mass is 32.1. The van der Waals surface area contributed by atoms with E-state index in [1.807, 2.05) is 34.3 Å². The molecule has 1 atom stereocenters. The van der Waals surface area contributed by atoms with Gasteiger partial charge in [-0.1, -0.05) is 0 Å². The van der Waals surface area contributed by atoms with E-state index in [0.717, 1.165) is 42.9 Å². The van der Waals surface area contributed by atoms with Gasteiger partial charge in [-0.25, -0.2) is 4.98 Å². The van der Waals surface area contributed by atoms with Crippen LogP contribution in [0.2, 0.25) is 0 Å². The third-order valence-corrected chi connectivity index (χ3v) is 4.91. The van der Waals surface area contributed by atoms with E-state index >= 15 is 0 Å². The summed E-state index contributed by atoms with van der Waals surface area (Å²) in [6.45, 7) is 4.02. The van der Waals surface area contributed by atoms with Gasteiger partial charge in [0.15, 0.2) is 0 Å². The Morgan fingerprint density at radius 1 is 1.48 bits per heavy atom. The number of methoxy groups -OCH3 is 1. The molecule has 3 rings (SSSR count). The number of carbonyl (C=O) groups excluding carboxylic acids is 1. The van der Waals surface area contributed by atoms with Crippen molar-refractivity contribution < 1.29 is 9.53 Å². The van der Waals surface area contributed by atoms with E-state index in [2.05, 4.69) is 10.1 Å². The van der Waals surface area contributed by atoms with Crippen LogP contribution in [0.1, 0.15) is 40.3 Å². The molecule has 0 aromatic carbocycles. The van der Waals surface area contributed by atoms with Crippen LogP contribution in [-0.4, -0.2) is 45.3 Å². The van der Waals surface area contributed by atoms with Crippen LogP contribution in [0.25, 0.3) is 0 Å². The summed E-state index contributed by atoms with van der Waals surface area (Å²) in [7, 11) is 1.63. The van der Waals surface area contributed by atoms with Gasteiger partial charge < -0.3 is 9.64 Å². The molecule has 3 heterocycles. The first-order chi connectivity index (χ1) is 11.2. The third kappa shape index (κ3) is 3.79. The number of hydrogen-bond acceptors (Lipinski definition) is 5. The number of rotatable bonds is 5. The molecule has 1 aliphatic rings. The Bertz CT molecular complexity index is 667. The standard InChI is InChI=1S/C16H22N4O2S/c1-12-7-17-19(8-12)9-13-5-3-4-6-20(13)16(21)14-11-23-15(18-14)10-22-2/h7-8,11,13H,3-6,9-10H2,1-2H3. The first-order valence-electron chi connectivity index (χ1n) is 7.90. The molecular weight excluding hydrogens is 312 g/mol. The normalized spacial score (nSPS) is 18.3. The molecule has 1 saturated heterocycles. The largest absolute Gasteiger partial charge is 0.378 e. The second kappa shape index (κ2) is 7.23. The van der Waals surface area contributed by atoms with Crippen molar-refractivity contribution in [1.29, 1.82) is 0 Å². The maximum Gasteiger partial charge on any atom is 0.273 e. The second-order valence-corrected chi connectivity index (χ2v) is 6.89. The lowest BCUT2D eigenvalue weighted by molar-refractivity contribution is 0.0578. The van der Waals surface area contributed by atoms with Crippen LogP contribution in [0.4, 0.5) is 0 Å². The molecule has 0 radical (unpaired) electrons. The molecule has 1 aliphatic heterocycles. The predicted molar refractivity (Wildman–Crippen MR) is 88.5 cm³/mol. The lowest BCUT2D eigenvalue weighted by atomic mass is 10.0. The molecule has 0 N–H and O–H groups in total. The van der Waals surface area contributed by atoms with Gasteiger partial charge in [0.05, 0.1) is 25.4 Å². The van der Waals surface area contributed by atoms with Crippen LogP contribution >= 0.6 is 11.3 Å². The molecule has 0 bridgehead atoms. The van der Waals surface area contributed by atoms with E-state index in [1.165, 1.54) is 11.3 Å². The molecule has 0 aliphatic carbocycles. The van der Waals surface area contributed by atoms with Crippen LogP contribution in [0.3, 0.4) is 0 Å². The van der Waals surface area contributed by atoms with E-state index in [1.54, 1.807) is 7.11 Å². The fourth-order valence-electron chi connectivity index (χ4n) is 2.99. The number of aromatic nitrogens is 3. The van der Waals surface area contributed by atoms with Crippen molar-refractivity contribution in [1.82, 2.24) is 19.7 Å². The van der Waals surface area contributed by atoms with Gasteiger partial charge in [0.25, 0.3) is 5.91 Å². The summed E-state index contributed by atoms with van der Waals surface area (Å²) in [5.41, 5.74) is 1.67. The Balaban J connectivity index is 1.73. The summed E-state index contributed by atoms with van der Waals surface area (Å²) in [5, 5.41) is 7.03. The molecule has 23 heavy (non-hydrogen) atoms. The average Bonchev–Trinajstić information content (AvgIpc) is 3.17. The minimum atomic E-state index is 0.0252. The fourth-order valence-corrected chi connectivity index (χ4v) is 3.72. The van der Waals surface area contributed by atoms with Crippen LogP contribution in [0.15, 0.2) is 17.8 Å². The topological polar surface area (TPSA) is 60.2 Å². The van der Waals surface area contributed by atoms with Crippen molar-refractivity contribution in [2.75, 3.05) is 13.7 Å². The molecule has 0 saturated carbocycles. The summed E-state index contributed by atoms with van der Waals surface area (Å²) in [6.07, 6.45) is 7.10. The van der Waals surface area contributed by atoms with Crippen LogP contribution < -0.4 is 0 Å². The number of hydrogen-bond donors (Lipinski definition) is 0. The van der Waals surface area contributed by atoms with Gasteiger partial charge in [-0.3, -0.25) is 9.48 Å². The summed E-state index contributed by atoms with van der Waals surface area (Å²) >= 11 is 1.47. The summed E-state index contributed by atoms with van der Waals surface area (Å²) in [6, 6.07) is 0.183. The molecule has 7 heteroatoms. The highest BCUT2D eigenvalue weighted by Crippen LogP contribution is 2.22. The van der Waals surface area contributed by atoms with E-state index in [0.29, 0.717) is 12.3 Å². The van der Waals surface area contributed by atoms with Gasteiger partial charge in [-0.15, -0.1) is 11.3 Å². The number of ether oxygens (including phenoxy) is 1. The molecule has 2 aromatic rings. The second-order valence-electron chi connectivity index (χ2n) is 5.95. The average molecular weight is 334 g/mol. The predicted octanol–water partition coefficient (Wildman–Crippen LogP) is 2.49. The molecular formula is C16H22N4O2S. The Labute approximate surface area is 140 Å². The SMILES string of the molecule is COCc1nc(C(=O)N2CCCCC2Cn2cc(C)cn2)cs1. The number of nitrogens with zero attached hydrogens (tertiary/aromatic N) is 4. The van der Waals surface area contributed by atoms with Crippen molar-refractivity contribution in [3.63, 3.8) is 0 Å². The van der Waals surface area contributed by atoms with Gasteiger partial charge in [-0.05, 0) is 31.7 Å². The number of carbonyl (C=O) groups is 1.